The highest BCUT2D eigenvalue weighted by molar-refractivity contribution is 7.71. The van der Waals surface area contributed by atoms with Crippen LogP contribution in [-0.2, 0) is 13.1 Å². The van der Waals surface area contributed by atoms with Crippen molar-refractivity contribution < 1.29 is 5.11 Å². The molecule has 0 saturated heterocycles. The summed E-state index contributed by atoms with van der Waals surface area (Å²) in [5, 5.41) is 10.8. The number of nitrogens with zero attached hydrogens (tertiary/aromatic N) is 3. The maximum Gasteiger partial charge on any atom is 0.266 e. The fourth-order valence-electron chi connectivity index (χ4n) is 3.45. The number of rotatable bonds is 5. The third-order valence-corrected chi connectivity index (χ3v) is 5.42. The van der Waals surface area contributed by atoms with E-state index in [0.29, 0.717) is 23.4 Å². The van der Waals surface area contributed by atoms with E-state index in [4.69, 9.17) is 12.2 Å². The standard InChI is InChI=1S/C21H25N3O2S/c1-4-23-19(25)18(20(26)24(5-2)21(23)27)15-10-9-13-17(14-15)22(3)16-11-7-6-8-12-16/h6-8,10-12,14,25H,4-5,9,13H2,1-3H3. The first-order chi connectivity index (χ1) is 13.0. The van der Waals surface area contributed by atoms with Crippen molar-refractivity contribution in [2.45, 2.75) is 39.8 Å². The monoisotopic (exact) mass is 383 g/mol. The Balaban J connectivity index is 2.12. The van der Waals surface area contributed by atoms with E-state index in [2.05, 4.69) is 17.0 Å². The molecule has 27 heavy (non-hydrogen) atoms. The number of aromatic nitrogens is 2. The third-order valence-electron chi connectivity index (χ3n) is 4.98. The Morgan fingerprint density at radius 2 is 1.81 bits per heavy atom. The van der Waals surface area contributed by atoms with E-state index in [1.54, 1.807) is 4.57 Å². The van der Waals surface area contributed by atoms with Gasteiger partial charge in [0.05, 0.1) is 0 Å². The van der Waals surface area contributed by atoms with Crippen molar-refractivity contribution in [3.63, 3.8) is 0 Å². The summed E-state index contributed by atoms with van der Waals surface area (Å²) >= 11 is 5.38. The highest BCUT2D eigenvalue weighted by Gasteiger charge is 2.21. The van der Waals surface area contributed by atoms with Gasteiger partial charge in [-0.1, -0.05) is 24.3 Å². The van der Waals surface area contributed by atoms with Crippen LogP contribution in [-0.4, -0.2) is 21.3 Å². The Morgan fingerprint density at radius 3 is 2.44 bits per heavy atom. The van der Waals surface area contributed by atoms with Gasteiger partial charge in [-0.2, -0.15) is 0 Å². The highest BCUT2D eigenvalue weighted by atomic mass is 32.1. The van der Waals surface area contributed by atoms with Gasteiger partial charge in [-0.25, -0.2) is 0 Å². The minimum Gasteiger partial charge on any atom is -0.494 e. The summed E-state index contributed by atoms with van der Waals surface area (Å²) in [5.74, 6) is -0.0525. The lowest BCUT2D eigenvalue weighted by atomic mass is 9.98. The Kier molecular flexibility index (Phi) is 5.65. The van der Waals surface area contributed by atoms with Gasteiger partial charge in [0.25, 0.3) is 5.56 Å². The van der Waals surface area contributed by atoms with Gasteiger partial charge >= 0.3 is 0 Å². The molecule has 5 nitrogen and oxygen atoms in total. The van der Waals surface area contributed by atoms with Crippen molar-refractivity contribution in [2.24, 2.45) is 0 Å². The van der Waals surface area contributed by atoms with Gasteiger partial charge in [0.1, 0.15) is 5.56 Å². The van der Waals surface area contributed by atoms with Crippen LogP contribution in [0.25, 0.3) is 5.57 Å². The molecule has 2 aromatic rings. The molecule has 0 unspecified atom stereocenters. The first kappa shape index (κ1) is 19.2. The normalized spacial score (nSPS) is 13.9. The third kappa shape index (κ3) is 3.49. The lowest BCUT2D eigenvalue weighted by Crippen LogP contribution is -2.28. The molecular weight excluding hydrogens is 358 g/mol. The molecule has 0 bridgehead atoms. The molecule has 142 valence electrons. The predicted molar refractivity (Wildman–Crippen MR) is 113 cm³/mol. The van der Waals surface area contributed by atoms with Crippen LogP contribution in [0.4, 0.5) is 5.69 Å². The van der Waals surface area contributed by atoms with Crippen molar-refractivity contribution in [3.8, 4) is 5.88 Å². The van der Waals surface area contributed by atoms with E-state index >= 15 is 0 Å². The SMILES string of the molecule is CCn1c(O)c(C2=CCCC(N(C)c3ccccc3)=C2)c(=O)n(CC)c1=S. The maximum absolute atomic E-state index is 13.0. The Morgan fingerprint density at radius 1 is 1.15 bits per heavy atom. The fourth-order valence-corrected chi connectivity index (χ4v) is 3.88. The van der Waals surface area contributed by atoms with Gasteiger partial charge in [0.2, 0.25) is 5.88 Å². The minimum absolute atomic E-state index is 0.0525. The molecule has 0 fully saturated rings. The molecule has 1 aromatic heterocycles. The number of aromatic hydroxyl groups is 1. The molecule has 6 heteroatoms. The average molecular weight is 384 g/mol. The molecule has 1 aliphatic rings. The summed E-state index contributed by atoms with van der Waals surface area (Å²) in [5.41, 5.74) is 3.03. The quantitative estimate of drug-likeness (QED) is 0.781. The maximum atomic E-state index is 13.0. The summed E-state index contributed by atoms with van der Waals surface area (Å²) in [6.45, 7) is 4.77. The van der Waals surface area contributed by atoms with Crippen LogP contribution < -0.4 is 10.5 Å². The van der Waals surface area contributed by atoms with E-state index in [1.807, 2.05) is 51.2 Å². The number of hydrogen-bond donors (Lipinski definition) is 1. The van der Waals surface area contributed by atoms with Crippen molar-refractivity contribution in [1.29, 1.82) is 0 Å². The van der Waals surface area contributed by atoms with Gasteiger partial charge in [0.15, 0.2) is 4.77 Å². The zero-order valence-corrected chi connectivity index (χ0v) is 16.8. The molecule has 1 heterocycles. The molecule has 0 atom stereocenters. The van der Waals surface area contributed by atoms with Crippen LogP contribution in [0.1, 0.15) is 32.3 Å². The fraction of sp³-hybridized carbons (Fsp3) is 0.333. The van der Waals surface area contributed by atoms with Gasteiger partial charge in [-0.15, -0.1) is 0 Å². The molecule has 0 spiro atoms. The Hall–Kier alpha value is -2.60. The zero-order chi connectivity index (χ0) is 19.6. The largest absolute Gasteiger partial charge is 0.494 e. The molecule has 1 aromatic carbocycles. The molecule has 1 N–H and O–H groups in total. The van der Waals surface area contributed by atoms with E-state index in [1.165, 1.54) is 4.57 Å². The zero-order valence-electron chi connectivity index (χ0n) is 16.0. The van der Waals surface area contributed by atoms with Crippen LogP contribution in [0.5, 0.6) is 5.88 Å². The summed E-state index contributed by atoms with van der Waals surface area (Å²) in [7, 11) is 2.02. The minimum atomic E-state index is -0.240. The second-order valence-electron chi connectivity index (χ2n) is 6.50. The summed E-state index contributed by atoms with van der Waals surface area (Å²) in [6.07, 6.45) is 5.70. The molecule has 0 amide bonds. The van der Waals surface area contributed by atoms with Gasteiger partial charge < -0.3 is 10.0 Å². The second-order valence-corrected chi connectivity index (χ2v) is 6.87. The van der Waals surface area contributed by atoms with E-state index in [-0.39, 0.29) is 11.4 Å². The number of para-hydroxylation sites is 1. The summed E-state index contributed by atoms with van der Waals surface area (Å²) < 4.78 is 3.50. The van der Waals surface area contributed by atoms with Crippen molar-refractivity contribution in [2.75, 3.05) is 11.9 Å². The molecule has 3 rings (SSSR count). The number of allylic oxidation sites excluding steroid dienone is 4. The first-order valence-corrected chi connectivity index (χ1v) is 9.66. The van der Waals surface area contributed by atoms with Crippen molar-refractivity contribution in [1.82, 2.24) is 9.13 Å². The van der Waals surface area contributed by atoms with E-state index in [9.17, 15) is 9.90 Å². The number of benzene rings is 1. The van der Waals surface area contributed by atoms with Gasteiger partial charge in [-0.05, 0) is 62.7 Å². The van der Waals surface area contributed by atoms with E-state index < -0.39 is 0 Å². The Labute approximate surface area is 164 Å². The first-order valence-electron chi connectivity index (χ1n) is 9.26. The van der Waals surface area contributed by atoms with Crippen LogP contribution in [0.15, 0.2) is 53.0 Å². The molecule has 0 saturated carbocycles. The van der Waals surface area contributed by atoms with Crippen LogP contribution in [0.3, 0.4) is 0 Å². The highest BCUT2D eigenvalue weighted by Crippen LogP contribution is 2.31. The lowest BCUT2D eigenvalue weighted by Gasteiger charge is -2.26. The van der Waals surface area contributed by atoms with Crippen LogP contribution in [0.2, 0.25) is 0 Å². The summed E-state index contributed by atoms with van der Waals surface area (Å²) in [4.78, 5) is 15.1. The smallest absolute Gasteiger partial charge is 0.266 e. The number of anilines is 1. The van der Waals surface area contributed by atoms with Gasteiger partial charge in [0, 0.05) is 31.5 Å². The predicted octanol–water partition coefficient (Wildman–Crippen LogP) is 4.32. The topological polar surface area (TPSA) is 50.4 Å². The Bertz CT molecular complexity index is 1020. The van der Waals surface area contributed by atoms with E-state index in [0.717, 1.165) is 29.8 Å². The molecular formula is C21H25N3O2S. The summed E-state index contributed by atoms with van der Waals surface area (Å²) in [6, 6.07) is 10.1. The molecule has 1 aliphatic carbocycles. The van der Waals surface area contributed by atoms with Crippen LogP contribution in [0, 0.1) is 4.77 Å². The number of hydrogen-bond acceptors (Lipinski definition) is 4. The van der Waals surface area contributed by atoms with Crippen molar-refractivity contribution >= 4 is 23.5 Å². The van der Waals surface area contributed by atoms with Crippen molar-refractivity contribution in [3.05, 3.63) is 68.9 Å². The average Bonchev–Trinajstić information content (AvgIpc) is 2.69. The van der Waals surface area contributed by atoms with Gasteiger partial charge in [-0.3, -0.25) is 13.9 Å². The lowest BCUT2D eigenvalue weighted by molar-refractivity contribution is 0.398. The second kappa shape index (κ2) is 7.96. The van der Waals surface area contributed by atoms with Crippen LogP contribution >= 0.6 is 12.2 Å². The molecule has 0 aliphatic heterocycles. The molecule has 0 radical (unpaired) electrons.